The number of hydrogen-bond donors (Lipinski definition) is 0. The third-order valence-corrected chi connectivity index (χ3v) is 4.32. The summed E-state index contributed by atoms with van der Waals surface area (Å²) in [6, 6.07) is 0. The van der Waals surface area contributed by atoms with Gasteiger partial charge in [-0.1, -0.05) is 52.9 Å². The van der Waals surface area contributed by atoms with Gasteiger partial charge in [0.05, 0.1) is 13.2 Å². The lowest BCUT2D eigenvalue weighted by atomic mass is 9.75. The van der Waals surface area contributed by atoms with Crippen molar-refractivity contribution in [2.75, 3.05) is 13.2 Å². The van der Waals surface area contributed by atoms with Crippen LogP contribution in [0, 0.1) is 17.8 Å². The van der Waals surface area contributed by atoms with Gasteiger partial charge in [-0.25, -0.2) is 0 Å². The molecule has 0 N–H and O–H groups in total. The molecule has 122 valence electrons. The van der Waals surface area contributed by atoms with Crippen molar-refractivity contribution >= 4 is 11.9 Å². The van der Waals surface area contributed by atoms with E-state index in [9.17, 15) is 9.59 Å². The Morgan fingerprint density at radius 2 is 1.43 bits per heavy atom. The van der Waals surface area contributed by atoms with E-state index in [1.54, 1.807) is 0 Å². The maximum Gasteiger partial charge on any atom is 0.320 e. The lowest BCUT2D eigenvalue weighted by Gasteiger charge is -2.31. The minimum atomic E-state index is -0.758. The van der Waals surface area contributed by atoms with Crippen LogP contribution in [0.25, 0.3) is 0 Å². The van der Waals surface area contributed by atoms with E-state index in [4.69, 9.17) is 9.47 Å². The summed E-state index contributed by atoms with van der Waals surface area (Å²) in [7, 11) is 0. The van der Waals surface area contributed by atoms with Crippen LogP contribution in [0.3, 0.4) is 0 Å². The molecule has 1 rings (SSSR count). The summed E-state index contributed by atoms with van der Waals surface area (Å²) < 4.78 is 10.5. The van der Waals surface area contributed by atoms with Gasteiger partial charge in [0.1, 0.15) is 0 Å². The van der Waals surface area contributed by atoms with Crippen molar-refractivity contribution in [1.82, 2.24) is 0 Å². The molecule has 4 nitrogen and oxygen atoms in total. The van der Waals surface area contributed by atoms with Crippen molar-refractivity contribution in [2.45, 2.75) is 65.7 Å². The van der Waals surface area contributed by atoms with Crippen LogP contribution >= 0.6 is 0 Å². The van der Waals surface area contributed by atoms with Crippen molar-refractivity contribution < 1.29 is 19.1 Å². The Hall–Kier alpha value is -1.06. The predicted octanol–water partition coefficient (Wildman–Crippen LogP) is 3.73. The Labute approximate surface area is 128 Å². The highest BCUT2D eigenvalue weighted by Crippen LogP contribution is 2.34. The zero-order valence-corrected chi connectivity index (χ0v) is 13.7. The molecule has 0 aromatic heterocycles. The number of esters is 2. The van der Waals surface area contributed by atoms with Gasteiger partial charge in [0.25, 0.3) is 0 Å². The highest BCUT2D eigenvalue weighted by atomic mass is 16.6. The Balaban J connectivity index is 2.73. The molecule has 0 bridgehead atoms. The van der Waals surface area contributed by atoms with Crippen LogP contribution in [-0.4, -0.2) is 25.2 Å². The molecule has 4 heteroatoms. The van der Waals surface area contributed by atoms with Crippen molar-refractivity contribution in [1.29, 1.82) is 0 Å². The SMILES string of the molecule is CCCOC(=O)C(C(=O)OCCC)C(C)C1CCCCC1. The maximum atomic E-state index is 12.3. The van der Waals surface area contributed by atoms with Crippen LogP contribution in [0.5, 0.6) is 0 Å². The average molecular weight is 298 g/mol. The summed E-state index contributed by atoms with van der Waals surface area (Å²) in [6.45, 7) is 6.63. The third-order valence-electron chi connectivity index (χ3n) is 4.32. The highest BCUT2D eigenvalue weighted by Gasteiger charge is 2.39. The molecular formula is C17H30O4. The number of ether oxygens (including phenoxy) is 2. The van der Waals surface area contributed by atoms with Crippen molar-refractivity contribution in [3.63, 3.8) is 0 Å². The molecule has 0 spiro atoms. The summed E-state index contributed by atoms with van der Waals surface area (Å²) in [6.07, 6.45) is 7.36. The van der Waals surface area contributed by atoms with Gasteiger partial charge in [-0.05, 0) is 24.7 Å². The predicted molar refractivity (Wildman–Crippen MR) is 81.7 cm³/mol. The Bertz CT molecular complexity index is 301. The van der Waals surface area contributed by atoms with E-state index in [1.165, 1.54) is 19.3 Å². The van der Waals surface area contributed by atoms with Crippen LogP contribution < -0.4 is 0 Å². The normalized spacial score (nSPS) is 17.5. The maximum absolute atomic E-state index is 12.3. The summed E-state index contributed by atoms with van der Waals surface area (Å²) >= 11 is 0. The summed E-state index contributed by atoms with van der Waals surface area (Å²) in [5.41, 5.74) is 0. The number of rotatable bonds is 8. The second-order valence-corrected chi connectivity index (χ2v) is 6.07. The zero-order valence-electron chi connectivity index (χ0n) is 13.7. The molecule has 0 saturated heterocycles. The molecule has 1 aliphatic carbocycles. The van der Waals surface area contributed by atoms with Crippen molar-refractivity contribution in [3.8, 4) is 0 Å². The van der Waals surface area contributed by atoms with E-state index in [1.807, 2.05) is 20.8 Å². The van der Waals surface area contributed by atoms with Crippen LogP contribution in [-0.2, 0) is 19.1 Å². The number of hydrogen-bond acceptors (Lipinski definition) is 4. The highest BCUT2D eigenvalue weighted by molar-refractivity contribution is 5.95. The Morgan fingerprint density at radius 3 is 1.86 bits per heavy atom. The van der Waals surface area contributed by atoms with Gasteiger partial charge < -0.3 is 9.47 Å². The van der Waals surface area contributed by atoms with E-state index in [-0.39, 0.29) is 5.92 Å². The number of carbonyl (C=O) groups excluding carboxylic acids is 2. The van der Waals surface area contributed by atoms with Gasteiger partial charge in [0.15, 0.2) is 5.92 Å². The fourth-order valence-electron chi connectivity index (χ4n) is 3.04. The lowest BCUT2D eigenvalue weighted by molar-refractivity contribution is -0.166. The molecule has 0 aliphatic heterocycles. The quantitative estimate of drug-likeness (QED) is 0.506. The van der Waals surface area contributed by atoms with Gasteiger partial charge in [-0.15, -0.1) is 0 Å². The molecule has 0 aromatic rings. The molecule has 0 radical (unpaired) electrons. The molecule has 1 saturated carbocycles. The molecule has 1 fully saturated rings. The van der Waals surface area contributed by atoms with E-state index in [2.05, 4.69) is 0 Å². The minimum Gasteiger partial charge on any atom is -0.465 e. The smallest absolute Gasteiger partial charge is 0.320 e. The summed E-state index contributed by atoms with van der Waals surface area (Å²) in [5, 5.41) is 0. The third kappa shape index (κ3) is 5.68. The topological polar surface area (TPSA) is 52.6 Å². The van der Waals surface area contributed by atoms with E-state index in [0.717, 1.165) is 25.7 Å². The zero-order chi connectivity index (χ0) is 15.7. The fraction of sp³-hybridized carbons (Fsp3) is 0.882. The largest absolute Gasteiger partial charge is 0.465 e. The standard InChI is InChI=1S/C17H30O4/c1-4-11-20-16(18)15(17(19)21-12-5-2)13(3)14-9-7-6-8-10-14/h13-15H,4-12H2,1-3H3. The monoisotopic (exact) mass is 298 g/mol. The first-order chi connectivity index (χ1) is 10.1. The molecule has 1 atom stereocenters. The van der Waals surface area contributed by atoms with Gasteiger partial charge in [-0.2, -0.15) is 0 Å². The van der Waals surface area contributed by atoms with Gasteiger partial charge in [0, 0.05) is 0 Å². The van der Waals surface area contributed by atoms with Gasteiger partial charge in [0.2, 0.25) is 0 Å². The Morgan fingerprint density at radius 1 is 0.952 bits per heavy atom. The Kier molecular flexibility index (Phi) is 8.40. The molecule has 0 amide bonds. The average Bonchev–Trinajstić information content (AvgIpc) is 2.51. The molecule has 1 unspecified atom stereocenters. The van der Waals surface area contributed by atoms with Crippen molar-refractivity contribution in [2.24, 2.45) is 17.8 Å². The van der Waals surface area contributed by atoms with E-state index in [0.29, 0.717) is 19.1 Å². The molecular weight excluding hydrogens is 268 g/mol. The second kappa shape index (κ2) is 9.80. The summed E-state index contributed by atoms with van der Waals surface area (Å²) in [4.78, 5) is 24.5. The minimum absolute atomic E-state index is 0.000915. The fourth-order valence-corrected chi connectivity index (χ4v) is 3.04. The van der Waals surface area contributed by atoms with E-state index < -0.39 is 17.9 Å². The number of carbonyl (C=O) groups is 2. The second-order valence-electron chi connectivity index (χ2n) is 6.07. The van der Waals surface area contributed by atoms with Gasteiger partial charge >= 0.3 is 11.9 Å². The lowest BCUT2D eigenvalue weighted by Crippen LogP contribution is -2.37. The first-order valence-electron chi connectivity index (χ1n) is 8.45. The first kappa shape index (κ1) is 18.0. The van der Waals surface area contributed by atoms with Gasteiger partial charge in [-0.3, -0.25) is 9.59 Å². The molecule has 0 heterocycles. The van der Waals surface area contributed by atoms with Crippen LogP contribution in [0.4, 0.5) is 0 Å². The van der Waals surface area contributed by atoms with Crippen LogP contribution in [0.2, 0.25) is 0 Å². The first-order valence-corrected chi connectivity index (χ1v) is 8.45. The summed E-state index contributed by atoms with van der Waals surface area (Å²) in [5.74, 6) is -1.15. The molecule has 0 aromatic carbocycles. The van der Waals surface area contributed by atoms with E-state index >= 15 is 0 Å². The van der Waals surface area contributed by atoms with Crippen LogP contribution in [0.15, 0.2) is 0 Å². The van der Waals surface area contributed by atoms with Crippen LogP contribution in [0.1, 0.15) is 65.7 Å². The molecule has 21 heavy (non-hydrogen) atoms. The molecule has 1 aliphatic rings. The van der Waals surface area contributed by atoms with Crippen molar-refractivity contribution in [3.05, 3.63) is 0 Å².